The summed E-state index contributed by atoms with van der Waals surface area (Å²) in [7, 11) is 0. The maximum atomic E-state index is 11.5. The SMILES string of the molecule is CC1(C)COCCN1CC1(C=O)CCOCC1. The highest BCUT2D eigenvalue weighted by molar-refractivity contribution is 5.60. The highest BCUT2D eigenvalue weighted by Crippen LogP contribution is 2.32. The van der Waals surface area contributed by atoms with Crippen molar-refractivity contribution in [2.75, 3.05) is 39.5 Å². The molecule has 0 atom stereocenters. The van der Waals surface area contributed by atoms with Crippen LogP contribution in [0.1, 0.15) is 26.7 Å². The number of carbonyl (C=O) groups is 1. The Kier molecular flexibility index (Phi) is 3.85. The van der Waals surface area contributed by atoms with Gasteiger partial charge in [-0.1, -0.05) is 0 Å². The van der Waals surface area contributed by atoms with Crippen molar-refractivity contribution < 1.29 is 14.3 Å². The Morgan fingerprint density at radius 3 is 2.47 bits per heavy atom. The Labute approximate surface area is 103 Å². The topological polar surface area (TPSA) is 38.8 Å². The van der Waals surface area contributed by atoms with E-state index in [0.717, 1.165) is 45.4 Å². The molecule has 0 N–H and O–H groups in total. The van der Waals surface area contributed by atoms with Gasteiger partial charge in [0.1, 0.15) is 6.29 Å². The van der Waals surface area contributed by atoms with Crippen molar-refractivity contribution in [3.05, 3.63) is 0 Å². The summed E-state index contributed by atoms with van der Waals surface area (Å²) in [6.07, 6.45) is 2.86. The molecule has 2 aliphatic heterocycles. The van der Waals surface area contributed by atoms with Crippen molar-refractivity contribution in [2.24, 2.45) is 5.41 Å². The molecule has 2 fully saturated rings. The first-order chi connectivity index (χ1) is 8.08. The first kappa shape index (κ1) is 13.0. The zero-order valence-corrected chi connectivity index (χ0v) is 10.9. The number of hydrogen-bond acceptors (Lipinski definition) is 4. The van der Waals surface area contributed by atoms with Crippen molar-refractivity contribution in [3.63, 3.8) is 0 Å². The van der Waals surface area contributed by atoms with Crippen molar-refractivity contribution in [1.29, 1.82) is 0 Å². The van der Waals surface area contributed by atoms with Crippen molar-refractivity contribution >= 4 is 6.29 Å². The van der Waals surface area contributed by atoms with Gasteiger partial charge in [0.05, 0.1) is 13.2 Å². The van der Waals surface area contributed by atoms with Crippen molar-refractivity contribution in [1.82, 2.24) is 4.90 Å². The minimum absolute atomic E-state index is 0.0343. The second-order valence-corrected chi connectivity index (χ2v) is 5.88. The lowest BCUT2D eigenvalue weighted by Gasteiger charge is -2.46. The molecule has 2 aliphatic rings. The monoisotopic (exact) mass is 241 g/mol. The minimum atomic E-state index is -0.202. The molecule has 4 nitrogen and oxygen atoms in total. The number of nitrogens with zero attached hydrogens (tertiary/aromatic N) is 1. The maximum Gasteiger partial charge on any atom is 0.127 e. The number of carbonyl (C=O) groups excluding carboxylic acids is 1. The van der Waals surface area contributed by atoms with Crippen LogP contribution in [0.5, 0.6) is 0 Å². The van der Waals surface area contributed by atoms with Crippen LogP contribution in [-0.4, -0.2) is 56.2 Å². The van der Waals surface area contributed by atoms with E-state index in [2.05, 4.69) is 18.7 Å². The van der Waals surface area contributed by atoms with E-state index in [1.165, 1.54) is 0 Å². The Morgan fingerprint density at radius 1 is 1.18 bits per heavy atom. The van der Waals surface area contributed by atoms with Crippen LogP contribution in [0.25, 0.3) is 0 Å². The molecule has 0 radical (unpaired) electrons. The fourth-order valence-corrected chi connectivity index (χ4v) is 2.65. The first-order valence-electron chi connectivity index (χ1n) is 6.45. The maximum absolute atomic E-state index is 11.5. The van der Waals surface area contributed by atoms with E-state index >= 15 is 0 Å². The second kappa shape index (κ2) is 5.04. The van der Waals surface area contributed by atoms with E-state index in [9.17, 15) is 4.79 Å². The van der Waals surface area contributed by atoms with Crippen LogP contribution in [0.4, 0.5) is 0 Å². The number of morpholine rings is 1. The van der Waals surface area contributed by atoms with Gasteiger partial charge >= 0.3 is 0 Å². The predicted molar refractivity (Wildman–Crippen MR) is 65.0 cm³/mol. The van der Waals surface area contributed by atoms with Gasteiger partial charge in [-0.15, -0.1) is 0 Å². The van der Waals surface area contributed by atoms with E-state index in [1.807, 2.05) is 0 Å². The zero-order valence-electron chi connectivity index (χ0n) is 10.9. The highest BCUT2D eigenvalue weighted by Gasteiger charge is 2.39. The fraction of sp³-hybridized carbons (Fsp3) is 0.923. The molecule has 0 aromatic carbocycles. The summed E-state index contributed by atoms with van der Waals surface area (Å²) in [6, 6.07) is 0. The molecule has 0 spiro atoms. The van der Waals surface area contributed by atoms with Gasteiger partial charge in [-0.3, -0.25) is 4.90 Å². The third kappa shape index (κ3) is 2.87. The molecule has 0 aromatic rings. The van der Waals surface area contributed by atoms with Crippen LogP contribution in [0.3, 0.4) is 0 Å². The lowest BCUT2D eigenvalue weighted by Crippen LogP contribution is -2.57. The van der Waals surface area contributed by atoms with Gasteiger partial charge in [0.15, 0.2) is 0 Å². The fourth-order valence-electron chi connectivity index (χ4n) is 2.65. The van der Waals surface area contributed by atoms with Crippen LogP contribution in [0.15, 0.2) is 0 Å². The molecular weight excluding hydrogens is 218 g/mol. The lowest BCUT2D eigenvalue weighted by atomic mass is 9.80. The van der Waals surface area contributed by atoms with Gasteiger partial charge in [-0.2, -0.15) is 0 Å². The van der Waals surface area contributed by atoms with Crippen LogP contribution in [-0.2, 0) is 14.3 Å². The first-order valence-corrected chi connectivity index (χ1v) is 6.45. The number of hydrogen-bond donors (Lipinski definition) is 0. The van der Waals surface area contributed by atoms with Crippen LogP contribution in [0, 0.1) is 5.41 Å². The summed E-state index contributed by atoms with van der Waals surface area (Å²) in [4.78, 5) is 13.9. The summed E-state index contributed by atoms with van der Waals surface area (Å²) < 4.78 is 10.9. The molecule has 2 rings (SSSR count). The summed E-state index contributed by atoms with van der Waals surface area (Å²) in [5.74, 6) is 0. The van der Waals surface area contributed by atoms with Gasteiger partial charge in [0.2, 0.25) is 0 Å². The van der Waals surface area contributed by atoms with Gasteiger partial charge in [0.25, 0.3) is 0 Å². The number of rotatable bonds is 3. The average Bonchev–Trinajstić information content (AvgIpc) is 2.33. The average molecular weight is 241 g/mol. The molecule has 17 heavy (non-hydrogen) atoms. The lowest BCUT2D eigenvalue weighted by molar-refractivity contribution is -0.128. The smallest absolute Gasteiger partial charge is 0.127 e. The van der Waals surface area contributed by atoms with Crippen LogP contribution >= 0.6 is 0 Å². The normalized spacial score (nSPS) is 28.8. The third-order valence-corrected chi connectivity index (χ3v) is 4.06. The van der Waals surface area contributed by atoms with E-state index in [-0.39, 0.29) is 11.0 Å². The van der Waals surface area contributed by atoms with Gasteiger partial charge in [-0.05, 0) is 26.7 Å². The van der Waals surface area contributed by atoms with Crippen molar-refractivity contribution in [3.8, 4) is 0 Å². The van der Waals surface area contributed by atoms with Gasteiger partial charge < -0.3 is 14.3 Å². The molecule has 4 heteroatoms. The summed E-state index contributed by atoms with van der Waals surface area (Å²) in [5, 5.41) is 0. The van der Waals surface area contributed by atoms with Gasteiger partial charge in [0, 0.05) is 37.3 Å². The van der Waals surface area contributed by atoms with Gasteiger partial charge in [-0.25, -0.2) is 0 Å². The second-order valence-electron chi connectivity index (χ2n) is 5.88. The Balaban J connectivity index is 2.04. The highest BCUT2D eigenvalue weighted by atomic mass is 16.5. The minimum Gasteiger partial charge on any atom is -0.381 e. The van der Waals surface area contributed by atoms with E-state index in [4.69, 9.17) is 9.47 Å². The molecule has 2 heterocycles. The molecule has 0 amide bonds. The quantitative estimate of drug-likeness (QED) is 0.693. The van der Waals surface area contributed by atoms with E-state index < -0.39 is 0 Å². The summed E-state index contributed by atoms with van der Waals surface area (Å²) in [6.45, 7) is 9.08. The summed E-state index contributed by atoms with van der Waals surface area (Å²) in [5.41, 5.74) is -0.167. The van der Waals surface area contributed by atoms with Crippen molar-refractivity contribution in [2.45, 2.75) is 32.2 Å². The molecule has 98 valence electrons. The third-order valence-electron chi connectivity index (χ3n) is 4.06. The standard InChI is InChI=1S/C13H23NO3/c1-12(2)11-17-8-5-14(12)9-13(10-15)3-6-16-7-4-13/h10H,3-9,11H2,1-2H3. The van der Waals surface area contributed by atoms with E-state index in [1.54, 1.807) is 0 Å². The van der Waals surface area contributed by atoms with E-state index in [0.29, 0.717) is 13.2 Å². The predicted octanol–water partition coefficient (Wildman–Crippen LogP) is 1.09. The number of ether oxygens (including phenoxy) is 2. The zero-order chi connectivity index (χ0) is 12.4. The molecular formula is C13H23NO3. The number of aldehydes is 1. The Bertz CT molecular complexity index is 272. The molecule has 2 saturated heterocycles. The molecule has 0 aromatic heterocycles. The molecule has 0 saturated carbocycles. The largest absolute Gasteiger partial charge is 0.381 e. The van der Waals surface area contributed by atoms with Crippen LogP contribution in [0.2, 0.25) is 0 Å². The molecule has 0 bridgehead atoms. The molecule has 0 unspecified atom stereocenters. The van der Waals surface area contributed by atoms with Crippen LogP contribution < -0.4 is 0 Å². The Morgan fingerprint density at radius 2 is 1.88 bits per heavy atom. The Hall–Kier alpha value is -0.450. The summed E-state index contributed by atoms with van der Waals surface area (Å²) >= 11 is 0. The molecule has 0 aliphatic carbocycles.